The number of halogens is 3. The first-order valence-electron chi connectivity index (χ1n) is 7.64. The van der Waals surface area contributed by atoms with E-state index in [1.54, 1.807) is 4.57 Å². The molecule has 8 nitrogen and oxygen atoms in total. The topological polar surface area (TPSA) is 91.5 Å². The molecule has 0 radical (unpaired) electrons. The number of nitrogens with zero attached hydrogens (tertiary/aromatic N) is 3. The highest BCUT2D eigenvalue weighted by Gasteiger charge is 2.36. The summed E-state index contributed by atoms with van der Waals surface area (Å²) >= 11 is 0. The Bertz CT molecular complexity index is 806. The Balaban J connectivity index is 1.61. The third-order valence-electron chi connectivity index (χ3n) is 3.89. The van der Waals surface area contributed by atoms with Crippen molar-refractivity contribution in [3.63, 3.8) is 0 Å². The van der Waals surface area contributed by atoms with E-state index in [9.17, 15) is 23.3 Å². The first kappa shape index (κ1) is 17.8. The fourth-order valence-electron chi connectivity index (χ4n) is 2.53. The normalized spacial score (nSPS) is 19.4. The summed E-state index contributed by atoms with van der Waals surface area (Å²) in [5.74, 6) is -0.588. The van der Waals surface area contributed by atoms with E-state index < -0.39 is 16.9 Å². The number of rotatable bonds is 5. The summed E-state index contributed by atoms with van der Waals surface area (Å²) in [5, 5.41) is 13.9. The molecule has 140 valence electrons. The number of imidazole rings is 1. The Morgan fingerprint density at radius 3 is 2.73 bits per heavy atom. The minimum Gasteiger partial charge on any atom is -0.438 e. The Kier molecular flexibility index (Phi) is 4.38. The smallest absolute Gasteiger partial charge is 0.438 e. The molecule has 0 bridgehead atoms. The van der Waals surface area contributed by atoms with Gasteiger partial charge in [-0.25, -0.2) is 0 Å². The highest BCUT2D eigenvalue weighted by molar-refractivity contribution is 5.46. The van der Waals surface area contributed by atoms with Crippen LogP contribution < -0.4 is 14.8 Å². The van der Waals surface area contributed by atoms with Gasteiger partial charge in [-0.05, 0) is 36.1 Å². The van der Waals surface area contributed by atoms with Gasteiger partial charge in [0.05, 0.1) is 6.54 Å². The molecule has 0 saturated carbocycles. The molecule has 1 unspecified atom stereocenters. The van der Waals surface area contributed by atoms with E-state index in [1.165, 1.54) is 30.5 Å². The van der Waals surface area contributed by atoms with Crippen molar-refractivity contribution >= 4 is 11.5 Å². The molecule has 1 aromatic carbocycles. The summed E-state index contributed by atoms with van der Waals surface area (Å²) in [4.78, 5) is 14.0. The molecule has 1 N–H and O–H groups in total. The van der Waals surface area contributed by atoms with Gasteiger partial charge in [-0.3, -0.25) is 4.57 Å². The van der Waals surface area contributed by atoms with Gasteiger partial charge in [0.15, 0.2) is 0 Å². The second-order valence-corrected chi connectivity index (χ2v) is 6.06. The molecule has 0 saturated heterocycles. The molecule has 1 aliphatic heterocycles. The van der Waals surface area contributed by atoms with Crippen LogP contribution in [0.15, 0.2) is 30.5 Å². The number of anilines is 1. The zero-order valence-corrected chi connectivity index (χ0v) is 13.6. The second-order valence-electron chi connectivity index (χ2n) is 6.06. The fraction of sp³-hybridized carbons (Fsp3) is 0.400. The molecule has 1 aliphatic rings. The van der Waals surface area contributed by atoms with E-state index in [2.05, 4.69) is 15.0 Å². The largest absolute Gasteiger partial charge is 0.573 e. The van der Waals surface area contributed by atoms with E-state index in [4.69, 9.17) is 4.74 Å². The van der Waals surface area contributed by atoms with E-state index in [-0.39, 0.29) is 17.6 Å². The molecule has 26 heavy (non-hydrogen) atoms. The zero-order chi connectivity index (χ0) is 18.9. The third kappa shape index (κ3) is 4.16. The standard InChI is InChI=1S/C15H15F3N4O4/c1-14(6-7-21-8-12(22(23)24)20-13(21)26-14)9-19-10-2-4-11(5-3-10)25-15(16,17)18/h2-5,8,19H,6-7,9H2,1H3. The number of hydrogen-bond acceptors (Lipinski definition) is 6. The van der Waals surface area contributed by atoms with Gasteiger partial charge in [0.1, 0.15) is 17.5 Å². The van der Waals surface area contributed by atoms with Crippen molar-refractivity contribution in [2.45, 2.75) is 31.9 Å². The molecule has 11 heteroatoms. The van der Waals surface area contributed by atoms with Crippen molar-refractivity contribution < 1.29 is 27.6 Å². The zero-order valence-electron chi connectivity index (χ0n) is 13.6. The fourth-order valence-corrected chi connectivity index (χ4v) is 2.53. The van der Waals surface area contributed by atoms with Gasteiger partial charge in [-0.2, -0.15) is 0 Å². The van der Waals surface area contributed by atoms with Crippen LogP contribution in [0.2, 0.25) is 0 Å². The summed E-state index contributed by atoms with van der Waals surface area (Å²) < 4.78 is 47.6. The van der Waals surface area contributed by atoms with Crippen molar-refractivity contribution in [1.82, 2.24) is 9.55 Å². The minimum atomic E-state index is -4.73. The molecular weight excluding hydrogens is 357 g/mol. The number of ether oxygens (including phenoxy) is 2. The predicted molar refractivity (Wildman–Crippen MR) is 84.1 cm³/mol. The monoisotopic (exact) mass is 372 g/mol. The third-order valence-corrected chi connectivity index (χ3v) is 3.89. The van der Waals surface area contributed by atoms with Gasteiger partial charge < -0.3 is 24.9 Å². The molecule has 0 amide bonds. The lowest BCUT2D eigenvalue weighted by molar-refractivity contribution is -0.389. The van der Waals surface area contributed by atoms with Gasteiger partial charge >= 0.3 is 18.2 Å². The van der Waals surface area contributed by atoms with Crippen LogP contribution in [0.25, 0.3) is 0 Å². The second kappa shape index (κ2) is 6.39. The Hall–Kier alpha value is -2.98. The number of hydrogen-bond donors (Lipinski definition) is 1. The number of nitro groups is 1. The van der Waals surface area contributed by atoms with Crippen LogP contribution in [0.5, 0.6) is 11.8 Å². The van der Waals surface area contributed by atoms with Crippen LogP contribution in [0, 0.1) is 10.1 Å². The van der Waals surface area contributed by atoms with Crippen LogP contribution in [-0.2, 0) is 6.54 Å². The molecule has 1 aromatic heterocycles. The average Bonchev–Trinajstić information content (AvgIpc) is 2.96. The first-order chi connectivity index (χ1) is 12.1. The highest BCUT2D eigenvalue weighted by atomic mass is 19.4. The lowest BCUT2D eigenvalue weighted by Gasteiger charge is -2.33. The van der Waals surface area contributed by atoms with Crippen LogP contribution in [0.3, 0.4) is 0 Å². The summed E-state index contributed by atoms with van der Waals surface area (Å²) in [6, 6.07) is 5.49. The molecule has 0 aliphatic carbocycles. The lowest BCUT2D eigenvalue weighted by Crippen LogP contribution is -2.44. The van der Waals surface area contributed by atoms with Crippen molar-refractivity contribution in [1.29, 1.82) is 0 Å². The van der Waals surface area contributed by atoms with Crippen molar-refractivity contribution in [3.8, 4) is 11.8 Å². The number of aromatic nitrogens is 2. The van der Waals surface area contributed by atoms with Gasteiger partial charge in [0, 0.05) is 23.6 Å². The predicted octanol–water partition coefficient (Wildman–Crippen LogP) is 3.34. The van der Waals surface area contributed by atoms with Crippen molar-refractivity contribution in [2.24, 2.45) is 0 Å². The number of nitrogens with one attached hydrogen (secondary N) is 1. The van der Waals surface area contributed by atoms with E-state index in [1.807, 2.05) is 6.92 Å². The molecule has 1 atom stereocenters. The molecule has 3 rings (SSSR count). The Morgan fingerprint density at radius 2 is 2.12 bits per heavy atom. The quantitative estimate of drug-likeness (QED) is 0.639. The molecule has 0 fully saturated rings. The number of alkyl halides is 3. The van der Waals surface area contributed by atoms with Crippen LogP contribution in [-0.4, -0.2) is 33.0 Å². The minimum absolute atomic E-state index is 0.168. The maximum absolute atomic E-state index is 12.2. The number of fused-ring (bicyclic) bond motifs is 1. The lowest BCUT2D eigenvalue weighted by atomic mass is 10.0. The average molecular weight is 372 g/mol. The highest BCUT2D eigenvalue weighted by Crippen LogP contribution is 2.30. The van der Waals surface area contributed by atoms with Gasteiger partial charge in [0.2, 0.25) is 0 Å². The van der Waals surface area contributed by atoms with Crippen molar-refractivity contribution in [3.05, 3.63) is 40.6 Å². The van der Waals surface area contributed by atoms with Gasteiger partial charge in [-0.15, -0.1) is 13.2 Å². The van der Waals surface area contributed by atoms with Gasteiger partial charge in [0.25, 0.3) is 0 Å². The Morgan fingerprint density at radius 1 is 1.42 bits per heavy atom. The Labute approximate surface area is 145 Å². The summed E-state index contributed by atoms with van der Waals surface area (Å²) in [5.41, 5.74) is -0.0830. The maximum atomic E-state index is 12.2. The number of benzene rings is 1. The molecule has 2 aromatic rings. The summed E-state index contributed by atoms with van der Waals surface area (Å²) in [7, 11) is 0. The van der Waals surface area contributed by atoms with E-state index >= 15 is 0 Å². The van der Waals surface area contributed by atoms with E-state index in [0.717, 1.165) is 0 Å². The van der Waals surface area contributed by atoms with Crippen molar-refractivity contribution in [2.75, 3.05) is 11.9 Å². The van der Waals surface area contributed by atoms with Gasteiger partial charge in [-0.1, -0.05) is 0 Å². The van der Waals surface area contributed by atoms with Crippen LogP contribution in [0.1, 0.15) is 13.3 Å². The summed E-state index contributed by atoms with van der Waals surface area (Å²) in [6.07, 6.45) is -2.83. The molecule has 2 heterocycles. The number of aryl methyl sites for hydroxylation is 1. The summed E-state index contributed by atoms with van der Waals surface area (Å²) in [6.45, 7) is 2.67. The molecule has 0 spiro atoms. The van der Waals surface area contributed by atoms with Crippen LogP contribution >= 0.6 is 0 Å². The SMILES string of the molecule is CC1(CNc2ccc(OC(F)(F)F)cc2)CCn2cc([N+](=O)[O-])nc2O1. The first-order valence-corrected chi connectivity index (χ1v) is 7.64. The molecular formula is C15H15F3N4O4. The maximum Gasteiger partial charge on any atom is 0.573 e. The van der Waals surface area contributed by atoms with E-state index in [0.29, 0.717) is 25.2 Å². The van der Waals surface area contributed by atoms with Crippen LogP contribution in [0.4, 0.5) is 24.7 Å².